The normalized spacial score (nSPS) is 11.2. The zero-order valence-corrected chi connectivity index (χ0v) is 11.1. The van der Waals surface area contributed by atoms with Gasteiger partial charge in [-0.2, -0.15) is 0 Å². The largest absolute Gasteiger partial charge is 0.465 e. The molecule has 0 saturated carbocycles. The third kappa shape index (κ3) is 4.73. The molecule has 3 nitrogen and oxygen atoms in total. The zero-order chi connectivity index (χ0) is 13.3. The van der Waals surface area contributed by atoms with Crippen molar-refractivity contribution in [3.05, 3.63) is 65.6 Å². The third-order valence-electron chi connectivity index (χ3n) is 2.75. The molecular formula is C16H19NO2. The number of ether oxygens (including phenoxy) is 1. The van der Waals surface area contributed by atoms with Crippen LogP contribution in [0.15, 0.2) is 53.2 Å². The van der Waals surface area contributed by atoms with Crippen LogP contribution >= 0.6 is 0 Å². The summed E-state index contributed by atoms with van der Waals surface area (Å²) >= 11 is 0. The summed E-state index contributed by atoms with van der Waals surface area (Å²) in [6.07, 6.45) is 5.70. The van der Waals surface area contributed by atoms with Crippen LogP contribution in [0.1, 0.15) is 16.9 Å². The first kappa shape index (κ1) is 13.6. The minimum atomic E-state index is 0.666. The van der Waals surface area contributed by atoms with Gasteiger partial charge in [-0.05, 0) is 29.3 Å². The van der Waals surface area contributed by atoms with Gasteiger partial charge in [-0.1, -0.05) is 30.3 Å². The van der Waals surface area contributed by atoms with Crippen molar-refractivity contribution in [2.75, 3.05) is 13.7 Å². The summed E-state index contributed by atoms with van der Waals surface area (Å²) in [6, 6.07) is 12.3. The Morgan fingerprint density at radius 1 is 1.16 bits per heavy atom. The third-order valence-corrected chi connectivity index (χ3v) is 2.75. The van der Waals surface area contributed by atoms with E-state index in [1.165, 1.54) is 11.1 Å². The second kappa shape index (κ2) is 7.56. The van der Waals surface area contributed by atoms with Crippen molar-refractivity contribution in [2.45, 2.75) is 13.2 Å². The number of furan rings is 1. The van der Waals surface area contributed by atoms with E-state index in [-0.39, 0.29) is 0 Å². The number of methoxy groups -OCH3 is 1. The molecule has 0 unspecified atom stereocenters. The molecule has 0 bridgehead atoms. The molecule has 1 heterocycles. The van der Waals surface area contributed by atoms with Crippen LogP contribution in [-0.4, -0.2) is 13.7 Å². The Morgan fingerprint density at radius 3 is 2.63 bits per heavy atom. The Hall–Kier alpha value is -1.84. The van der Waals surface area contributed by atoms with Crippen molar-refractivity contribution in [3.8, 4) is 0 Å². The van der Waals surface area contributed by atoms with Gasteiger partial charge >= 0.3 is 0 Å². The molecular weight excluding hydrogens is 238 g/mol. The highest BCUT2D eigenvalue weighted by atomic mass is 16.5. The van der Waals surface area contributed by atoms with Gasteiger partial charge in [0, 0.05) is 20.2 Å². The molecule has 0 amide bonds. The van der Waals surface area contributed by atoms with Gasteiger partial charge in [-0.3, -0.25) is 0 Å². The van der Waals surface area contributed by atoms with Gasteiger partial charge in [0.05, 0.1) is 12.9 Å². The predicted molar refractivity (Wildman–Crippen MR) is 76.6 cm³/mol. The lowest BCUT2D eigenvalue weighted by atomic mass is 10.1. The van der Waals surface area contributed by atoms with Crippen LogP contribution in [0.2, 0.25) is 0 Å². The van der Waals surface area contributed by atoms with Crippen LogP contribution in [0, 0.1) is 0 Å². The van der Waals surface area contributed by atoms with Crippen molar-refractivity contribution < 1.29 is 9.15 Å². The molecule has 0 saturated heterocycles. The Labute approximate surface area is 113 Å². The molecule has 0 spiro atoms. The van der Waals surface area contributed by atoms with E-state index >= 15 is 0 Å². The summed E-state index contributed by atoms with van der Waals surface area (Å²) in [5, 5.41) is 3.36. The molecule has 100 valence electrons. The smallest absolute Gasteiger partial charge is 0.126 e. The Balaban J connectivity index is 1.70. The van der Waals surface area contributed by atoms with Crippen LogP contribution in [0.5, 0.6) is 0 Å². The van der Waals surface area contributed by atoms with Gasteiger partial charge in [0.1, 0.15) is 5.76 Å². The van der Waals surface area contributed by atoms with E-state index in [1.54, 1.807) is 13.4 Å². The molecule has 19 heavy (non-hydrogen) atoms. The minimum absolute atomic E-state index is 0.666. The summed E-state index contributed by atoms with van der Waals surface area (Å²) in [5.41, 5.74) is 2.47. The second-order valence-corrected chi connectivity index (χ2v) is 4.30. The number of hydrogen-bond acceptors (Lipinski definition) is 3. The Kier molecular flexibility index (Phi) is 5.41. The Bertz CT molecular complexity index is 486. The first-order valence-electron chi connectivity index (χ1n) is 6.36. The first-order chi connectivity index (χ1) is 9.38. The summed E-state index contributed by atoms with van der Waals surface area (Å²) < 4.78 is 10.3. The van der Waals surface area contributed by atoms with Gasteiger partial charge in [-0.25, -0.2) is 0 Å². The lowest BCUT2D eigenvalue weighted by Gasteiger charge is -2.04. The predicted octanol–water partition coefficient (Wildman–Crippen LogP) is 3.23. The van der Waals surface area contributed by atoms with Gasteiger partial charge < -0.3 is 14.5 Å². The van der Waals surface area contributed by atoms with E-state index < -0.39 is 0 Å². The van der Waals surface area contributed by atoms with Crippen LogP contribution in [-0.2, 0) is 17.9 Å². The summed E-state index contributed by atoms with van der Waals surface area (Å²) in [5.74, 6) is 0.880. The molecule has 2 aromatic rings. The van der Waals surface area contributed by atoms with Crippen LogP contribution in [0.3, 0.4) is 0 Å². The average Bonchev–Trinajstić information content (AvgIpc) is 2.94. The number of rotatable bonds is 7. The molecule has 0 aliphatic heterocycles. The van der Waals surface area contributed by atoms with E-state index in [1.807, 2.05) is 18.2 Å². The van der Waals surface area contributed by atoms with E-state index in [2.05, 4.69) is 35.7 Å². The van der Waals surface area contributed by atoms with Gasteiger partial charge in [-0.15, -0.1) is 0 Å². The molecule has 1 N–H and O–H groups in total. The number of hydrogen-bond donors (Lipinski definition) is 1. The topological polar surface area (TPSA) is 34.4 Å². The zero-order valence-electron chi connectivity index (χ0n) is 11.1. The van der Waals surface area contributed by atoms with Gasteiger partial charge in [0.15, 0.2) is 0 Å². The average molecular weight is 257 g/mol. The summed E-state index contributed by atoms with van der Waals surface area (Å²) in [7, 11) is 1.71. The fraction of sp³-hybridized carbons (Fsp3) is 0.250. The van der Waals surface area contributed by atoms with Crippen molar-refractivity contribution in [1.82, 2.24) is 5.32 Å². The fourth-order valence-electron chi connectivity index (χ4n) is 1.78. The maximum Gasteiger partial charge on any atom is 0.126 e. The highest BCUT2D eigenvalue weighted by molar-refractivity contribution is 5.42. The molecule has 3 heteroatoms. The van der Waals surface area contributed by atoms with E-state index in [0.717, 1.165) is 18.8 Å². The maximum absolute atomic E-state index is 5.21. The summed E-state index contributed by atoms with van der Waals surface area (Å²) in [4.78, 5) is 0. The van der Waals surface area contributed by atoms with E-state index in [9.17, 15) is 0 Å². The lowest BCUT2D eigenvalue weighted by Crippen LogP contribution is -2.12. The van der Waals surface area contributed by atoms with Crippen molar-refractivity contribution in [2.24, 2.45) is 0 Å². The second-order valence-electron chi connectivity index (χ2n) is 4.30. The number of benzene rings is 1. The monoisotopic (exact) mass is 257 g/mol. The Morgan fingerprint density at radius 2 is 1.95 bits per heavy atom. The minimum Gasteiger partial charge on any atom is -0.465 e. The molecule has 0 aliphatic carbocycles. The summed E-state index contributed by atoms with van der Waals surface area (Å²) in [6.45, 7) is 2.34. The quantitative estimate of drug-likeness (QED) is 0.773. The van der Waals surface area contributed by atoms with Crippen LogP contribution in [0.4, 0.5) is 0 Å². The molecule has 0 aliphatic rings. The fourth-order valence-corrected chi connectivity index (χ4v) is 1.78. The lowest BCUT2D eigenvalue weighted by molar-refractivity contribution is 0.185. The maximum atomic E-state index is 5.21. The highest BCUT2D eigenvalue weighted by Crippen LogP contribution is 2.05. The molecule has 1 aromatic heterocycles. The molecule has 0 atom stereocenters. The highest BCUT2D eigenvalue weighted by Gasteiger charge is 1.94. The molecule has 0 fully saturated rings. The molecule has 1 aromatic carbocycles. The molecule has 2 rings (SSSR count). The van der Waals surface area contributed by atoms with Crippen LogP contribution in [0.25, 0.3) is 6.08 Å². The van der Waals surface area contributed by atoms with Gasteiger partial charge in [0.2, 0.25) is 0 Å². The van der Waals surface area contributed by atoms with Crippen LogP contribution < -0.4 is 5.32 Å². The van der Waals surface area contributed by atoms with Crippen molar-refractivity contribution in [1.29, 1.82) is 0 Å². The van der Waals surface area contributed by atoms with Crippen molar-refractivity contribution in [3.63, 3.8) is 0 Å². The first-order valence-corrected chi connectivity index (χ1v) is 6.36. The van der Waals surface area contributed by atoms with E-state index in [4.69, 9.17) is 9.15 Å². The van der Waals surface area contributed by atoms with Crippen molar-refractivity contribution >= 4 is 6.08 Å². The number of nitrogens with one attached hydrogen (secondary N) is 1. The van der Waals surface area contributed by atoms with Gasteiger partial charge in [0.25, 0.3) is 0 Å². The standard InChI is InChI=1S/C16H19NO2/c1-18-13-15-8-6-14(7-9-15)12-17-10-2-4-16-5-3-11-19-16/h2-9,11,17H,10,12-13H2,1H3. The SMILES string of the molecule is COCc1ccc(CNCC=Cc2ccco2)cc1. The molecule has 0 radical (unpaired) electrons. The van der Waals surface area contributed by atoms with E-state index in [0.29, 0.717) is 6.61 Å².